The lowest BCUT2D eigenvalue weighted by Gasteiger charge is -2.17. The molecule has 1 heterocycles. The van der Waals surface area contributed by atoms with Gasteiger partial charge in [-0.2, -0.15) is 0 Å². The van der Waals surface area contributed by atoms with E-state index in [4.69, 9.17) is 0 Å². The number of carbonyl (C=O) groups excluding carboxylic acids is 3. The molecule has 118 valence electrons. The highest BCUT2D eigenvalue weighted by molar-refractivity contribution is 6.09. The molecule has 2 rings (SSSR count). The molecule has 2 N–H and O–H groups in total. The number of benzene rings is 1. The maximum absolute atomic E-state index is 12.2. The number of rotatable bonds is 4. The van der Waals surface area contributed by atoms with Crippen molar-refractivity contribution in [3.8, 4) is 0 Å². The number of para-hydroxylation sites is 1. The van der Waals surface area contributed by atoms with Gasteiger partial charge in [0, 0.05) is 5.69 Å². The van der Waals surface area contributed by atoms with Gasteiger partial charge in [-0.05, 0) is 38.3 Å². The fraction of sp³-hybridized carbons (Fsp3) is 0.438. The number of anilines is 1. The van der Waals surface area contributed by atoms with Gasteiger partial charge in [-0.15, -0.1) is 0 Å². The van der Waals surface area contributed by atoms with Crippen LogP contribution in [0, 0.1) is 6.92 Å². The summed E-state index contributed by atoms with van der Waals surface area (Å²) in [5.74, 6) is -0.779. The summed E-state index contributed by atoms with van der Waals surface area (Å²) in [6.45, 7) is 6.85. The van der Waals surface area contributed by atoms with E-state index >= 15 is 0 Å². The fourth-order valence-electron chi connectivity index (χ4n) is 2.49. The molecule has 0 radical (unpaired) electrons. The van der Waals surface area contributed by atoms with Gasteiger partial charge in [0.1, 0.15) is 12.1 Å². The molecule has 1 saturated heterocycles. The van der Waals surface area contributed by atoms with Crippen molar-refractivity contribution in [3.63, 3.8) is 0 Å². The van der Waals surface area contributed by atoms with Crippen LogP contribution >= 0.6 is 0 Å². The number of amides is 4. The summed E-state index contributed by atoms with van der Waals surface area (Å²) < 4.78 is 0. The molecule has 0 aliphatic carbocycles. The largest absolute Gasteiger partial charge is 0.325 e. The van der Waals surface area contributed by atoms with Crippen LogP contribution in [-0.4, -0.2) is 34.8 Å². The van der Waals surface area contributed by atoms with Gasteiger partial charge in [0.15, 0.2) is 0 Å². The molecule has 0 aromatic heterocycles. The number of nitrogens with one attached hydrogen (secondary N) is 2. The maximum atomic E-state index is 12.2. The molecule has 6 nitrogen and oxygen atoms in total. The van der Waals surface area contributed by atoms with Gasteiger partial charge >= 0.3 is 6.03 Å². The summed E-state index contributed by atoms with van der Waals surface area (Å²) in [7, 11) is 0. The van der Waals surface area contributed by atoms with Crippen LogP contribution in [0.15, 0.2) is 18.2 Å². The normalized spacial score (nSPS) is 16.6. The smallest absolute Gasteiger partial charge is 0.324 e. The summed E-state index contributed by atoms with van der Waals surface area (Å²) >= 11 is 0. The first-order valence-corrected chi connectivity index (χ1v) is 7.28. The highest BCUT2D eigenvalue weighted by Crippen LogP contribution is 2.21. The van der Waals surface area contributed by atoms with Crippen LogP contribution in [0.2, 0.25) is 0 Å². The Balaban J connectivity index is 2.12. The maximum Gasteiger partial charge on any atom is 0.325 e. The Hall–Kier alpha value is -2.37. The molecule has 0 saturated carbocycles. The lowest BCUT2D eigenvalue weighted by Crippen LogP contribution is -2.41. The van der Waals surface area contributed by atoms with E-state index < -0.39 is 17.5 Å². The lowest BCUT2D eigenvalue weighted by atomic mass is 10.1. The van der Waals surface area contributed by atoms with Crippen molar-refractivity contribution in [2.75, 3.05) is 11.9 Å². The molecule has 0 unspecified atom stereocenters. The standard InChI is InChI=1S/C16H21N3O3/c1-5-11-8-6-7-10(2)13(11)17-12(20)9-19-14(21)16(3,4)18-15(19)22/h6-8H,5,9H2,1-4H3,(H,17,20)(H,18,22). The van der Waals surface area contributed by atoms with Crippen molar-refractivity contribution in [1.29, 1.82) is 0 Å². The van der Waals surface area contributed by atoms with Gasteiger partial charge < -0.3 is 10.6 Å². The Bertz CT molecular complexity index is 638. The van der Waals surface area contributed by atoms with Gasteiger partial charge in [-0.1, -0.05) is 25.1 Å². The zero-order valence-corrected chi connectivity index (χ0v) is 13.3. The average Bonchev–Trinajstić information content (AvgIpc) is 2.63. The van der Waals surface area contributed by atoms with Crippen LogP contribution in [0.5, 0.6) is 0 Å². The number of imide groups is 1. The summed E-state index contributed by atoms with van der Waals surface area (Å²) in [6, 6.07) is 5.25. The van der Waals surface area contributed by atoms with Crippen LogP contribution in [0.4, 0.5) is 10.5 Å². The number of hydrogen-bond donors (Lipinski definition) is 2. The third kappa shape index (κ3) is 2.95. The first-order valence-electron chi connectivity index (χ1n) is 7.28. The van der Waals surface area contributed by atoms with Crippen LogP contribution in [0.25, 0.3) is 0 Å². The quantitative estimate of drug-likeness (QED) is 0.833. The van der Waals surface area contributed by atoms with E-state index in [1.165, 1.54) is 0 Å². The van der Waals surface area contributed by atoms with Crippen LogP contribution in [0.1, 0.15) is 31.9 Å². The second-order valence-corrected chi connectivity index (χ2v) is 5.96. The Morgan fingerprint density at radius 3 is 2.55 bits per heavy atom. The predicted molar refractivity (Wildman–Crippen MR) is 83.5 cm³/mol. The first-order chi connectivity index (χ1) is 10.3. The minimum Gasteiger partial charge on any atom is -0.324 e. The van der Waals surface area contributed by atoms with Crippen LogP contribution < -0.4 is 10.6 Å². The Morgan fingerprint density at radius 2 is 2.00 bits per heavy atom. The van der Waals surface area contributed by atoms with E-state index in [2.05, 4.69) is 10.6 Å². The number of carbonyl (C=O) groups is 3. The molecule has 4 amide bonds. The Kier molecular flexibility index (Phi) is 4.21. The van der Waals surface area contributed by atoms with Gasteiger partial charge in [-0.3, -0.25) is 14.5 Å². The minimum atomic E-state index is -0.964. The molecule has 1 fully saturated rings. The molecular weight excluding hydrogens is 282 g/mol. The second kappa shape index (κ2) is 5.79. The highest BCUT2D eigenvalue weighted by atomic mass is 16.2. The van der Waals surface area contributed by atoms with Gasteiger partial charge in [0.2, 0.25) is 5.91 Å². The Labute approximate surface area is 129 Å². The van der Waals surface area contributed by atoms with Crippen LogP contribution in [0.3, 0.4) is 0 Å². The van der Waals surface area contributed by atoms with E-state index in [9.17, 15) is 14.4 Å². The highest BCUT2D eigenvalue weighted by Gasteiger charge is 2.44. The van der Waals surface area contributed by atoms with E-state index in [-0.39, 0.29) is 12.5 Å². The number of hydrogen-bond acceptors (Lipinski definition) is 3. The molecule has 1 aromatic rings. The SMILES string of the molecule is CCc1cccc(C)c1NC(=O)CN1C(=O)NC(C)(C)C1=O. The zero-order valence-electron chi connectivity index (χ0n) is 13.3. The second-order valence-electron chi connectivity index (χ2n) is 5.96. The van der Waals surface area contributed by atoms with Crippen molar-refractivity contribution in [3.05, 3.63) is 29.3 Å². The van der Waals surface area contributed by atoms with Crippen LogP contribution in [-0.2, 0) is 16.0 Å². The molecular formula is C16H21N3O3. The van der Waals surface area contributed by atoms with Gasteiger partial charge in [0.25, 0.3) is 5.91 Å². The third-order valence-electron chi connectivity index (χ3n) is 3.75. The van der Waals surface area contributed by atoms with E-state index in [0.717, 1.165) is 28.1 Å². The van der Waals surface area contributed by atoms with Crippen molar-refractivity contribution in [1.82, 2.24) is 10.2 Å². The third-order valence-corrected chi connectivity index (χ3v) is 3.75. The van der Waals surface area contributed by atoms with Crippen molar-refractivity contribution >= 4 is 23.5 Å². The Morgan fingerprint density at radius 1 is 1.32 bits per heavy atom. The molecule has 1 aliphatic heterocycles. The molecule has 0 atom stereocenters. The summed E-state index contributed by atoms with van der Waals surface area (Å²) in [5, 5.41) is 5.37. The molecule has 22 heavy (non-hydrogen) atoms. The molecule has 0 spiro atoms. The summed E-state index contributed by atoms with van der Waals surface area (Å²) in [6.07, 6.45) is 0.785. The van der Waals surface area contributed by atoms with E-state index in [1.807, 2.05) is 32.0 Å². The average molecular weight is 303 g/mol. The monoisotopic (exact) mass is 303 g/mol. The number of aryl methyl sites for hydroxylation is 2. The predicted octanol–water partition coefficient (Wildman–Crippen LogP) is 1.83. The molecule has 1 aromatic carbocycles. The molecule has 6 heteroatoms. The number of nitrogens with zero attached hydrogens (tertiary/aromatic N) is 1. The van der Waals surface area contributed by atoms with Crippen molar-refractivity contribution in [2.45, 2.75) is 39.7 Å². The topological polar surface area (TPSA) is 78.5 Å². The minimum absolute atomic E-state index is 0.286. The van der Waals surface area contributed by atoms with Gasteiger partial charge in [-0.25, -0.2) is 4.79 Å². The van der Waals surface area contributed by atoms with E-state index in [0.29, 0.717) is 0 Å². The molecule has 0 bridgehead atoms. The van der Waals surface area contributed by atoms with E-state index in [1.54, 1.807) is 13.8 Å². The summed E-state index contributed by atoms with van der Waals surface area (Å²) in [4.78, 5) is 37.0. The van der Waals surface area contributed by atoms with Gasteiger partial charge in [0.05, 0.1) is 0 Å². The number of urea groups is 1. The zero-order chi connectivity index (χ0) is 16.5. The lowest BCUT2D eigenvalue weighted by molar-refractivity contribution is -0.132. The fourth-order valence-corrected chi connectivity index (χ4v) is 2.49. The summed E-state index contributed by atoms with van der Waals surface area (Å²) in [5.41, 5.74) is 1.76. The molecule has 1 aliphatic rings. The van der Waals surface area contributed by atoms with Crippen molar-refractivity contribution < 1.29 is 14.4 Å². The first kappa shape index (κ1) is 16.0. The van der Waals surface area contributed by atoms with Crippen molar-refractivity contribution in [2.24, 2.45) is 0 Å².